The Kier molecular flexibility index (Phi) is 7.14. The van der Waals surface area contributed by atoms with Gasteiger partial charge in [0.2, 0.25) is 15.9 Å². The Morgan fingerprint density at radius 2 is 1.85 bits per heavy atom. The Hall–Kier alpha value is -2.71. The quantitative estimate of drug-likeness (QED) is 0.543. The topological polar surface area (TPSA) is 86.4 Å². The lowest BCUT2D eigenvalue weighted by Gasteiger charge is -2.32. The van der Waals surface area contributed by atoms with Crippen LogP contribution in [0.25, 0.3) is 11.0 Å². The largest absolute Gasteiger partial charge is 0.342 e. The summed E-state index contributed by atoms with van der Waals surface area (Å²) in [6, 6.07) is 14.9. The van der Waals surface area contributed by atoms with E-state index in [9.17, 15) is 13.2 Å². The van der Waals surface area contributed by atoms with Crippen molar-refractivity contribution in [2.24, 2.45) is 0 Å². The fourth-order valence-corrected chi connectivity index (χ4v) is 6.00. The van der Waals surface area contributed by atoms with Gasteiger partial charge in [-0.05, 0) is 49.1 Å². The predicted molar refractivity (Wildman–Crippen MR) is 130 cm³/mol. The minimum atomic E-state index is -3.46. The van der Waals surface area contributed by atoms with Crippen LogP contribution in [0.4, 0.5) is 0 Å². The molecule has 1 N–H and O–H groups in total. The molecule has 0 unspecified atom stereocenters. The maximum atomic E-state index is 12.9. The number of benzene rings is 2. The van der Waals surface area contributed by atoms with Crippen molar-refractivity contribution < 1.29 is 13.2 Å². The number of fused-ring (bicyclic) bond motifs is 1. The third-order valence-corrected chi connectivity index (χ3v) is 8.53. The second kappa shape index (κ2) is 10.1. The van der Waals surface area contributed by atoms with E-state index >= 15 is 0 Å². The molecule has 0 radical (unpaired) electrons. The summed E-state index contributed by atoms with van der Waals surface area (Å²) >= 11 is 0. The lowest BCUT2D eigenvalue weighted by Crippen LogP contribution is -2.39. The first-order valence-electron chi connectivity index (χ1n) is 11.7. The van der Waals surface area contributed by atoms with Crippen molar-refractivity contribution in [3.05, 3.63) is 59.9 Å². The van der Waals surface area contributed by atoms with Crippen LogP contribution in [-0.4, -0.2) is 59.7 Å². The van der Waals surface area contributed by atoms with Crippen LogP contribution in [0.2, 0.25) is 0 Å². The summed E-state index contributed by atoms with van der Waals surface area (Å²) in [5.41, 5.74) is 2.96. The molecule has 2 aromatic carbocycles. The first-order chi connectivity index (χ1) is 15.9. The summed E-state index contributed by atoms with van der Waals surface area (Å²) < 4.78 is 26.7. The minimum absolute atomic E-state index is 0.135. The van der Waals surface area contributed by atoms with E-state index in [2.05, 4.69) is 4.98 Å². The molecule has 8 heteroatoms. The number of sulfonamides is 1. The molecule has 0 aliphatic carbocycles. The highest BCUT2D eigenvalue weighted by Gasteiger charge is 2.27. The predicted octanol–water partition coefficient (Wildman–Crippen LogP) is 3.93. The molecule has 7 nitrogen and oxygen atoms in total. The summed E-state index contributed by atoms with van der Waals surface area (Å²) in [7, 11) is -3.46. The van der Waals surface area contributed by atoms with Gasteiger partial charge in [0.1, 0.15) is 5.82 Å². The van der Waals surface area contributed by atoms with E-state index < -0.39 is 10.0 Å². The molecule has 33 heavy (non-hydrogen) atoms. The zero-order valence-corrected chi connectivity index (χ0v) is 20.1. The van der Waals surface area contributed by atoms with Crippen LogP contribution in [-0.2, 0) is 21.2 Å². The molecule has 0 spiro atoms. The van der Waals surface area contributed by atoms with Gasteiger partial charge >= 0.3 is 0 Å². The Morgan fingerprint density at radius 1 is 1.12 bits per heavy atom. The van der Waals surface area contributed by atoms with Crippen molar-refractivity contribution in [2.45, 2.75) is 50.3 Å². The summed E-state index contributed by atoms with van der Waals surface area (Å²) in [4.78, 5) is 23.3. The number of likely N-dealkylation sites (tertiary alicyclic amines) is 1. The van der Waals surface area contributed by atoms with E-state index in [1.807, 2.05) is 55.1 Å². The molecule has 2 heterocycles. The van der Waals surface area contributed by atoms with Crippen LogP contribution in [0.5, 0.6) is 0 Å². The van der Waals surface area contributed by atoms with Crippen molar-refractivity contribution in [3.8, 4) is 0 Å². The van der Waals surface area contributed by atoms with Crippen LogP contribution >= 0.6 is 0 Å². The second-order valence-electron chi connectivity index (χ2n) is 8.55. The number of para-hydroxylation sites is 2. The van der Waals surface area contributed by atoms with E-state index in [0.717, 1.165) is 41.8 Å². The van der Waals surface area contributed by atoms with E-state index in [0.29, 0.717) is 37.4 Å². The van der Waals surface area contributed by atoms with Crippen molar-refractivity contribution >= 4 is 27.0 Å². The van der Waals surface area contributed by atoms with Gasteiger partial charge in [-0.25, -0.2) is 13.4 Å². The number of hydrogen-bond acceptors (Lipinski definition) is 4. The molecule has 176 valence electrons. The maximum Gasteiger partial charge on any atom is 0.243 e. The molecule has 0 saturated carbocycles. The summed E-state index contributed by atoms with van der Waals surface area (Å²) in [6.07, 6.45) is 2.99. The van der Waals surface area contributed by atoms with Crippen LogP contribution in [0.1, 0.15) is 50.4 Å². The highest BCUT2D eigenvalue weighted by atomic mass is 32.2. The van der Waals surface area contributed by atoms with Gasteiger partial charge in [-0.15, -0.1) is 0 Å². The fourth-order valence-electron chi connectivity index (χ4n) is 4.54. The number of amides is 1. The van der Waals surface area contributed by atoms with Gasteiger partial charge in [0.15, 0.2) is 0 Å². The molecular formula is C25H32N4O3S. The zero-order chi connectivity index (χ0) is 23.4. The Labute approximate surface area is 195 Å². The van der Waals surface area contributed by atoms with Crippen LogP contribution in [0.3, 0.4) is 0 Å². The number of aromatic nitrogens is 2. The first-order valence-corrected chi connectivity index (χ1v) is 13.2. The smallest absolute Gasteiger partial charge is 0.243 e. The molecule has 1 saturated heterocycles. The number of H-pyrrole nitrogens is 1. The van der Waals surface area contributed by atoms with Gasteiger partial charge in [-0.1, -0.05) is 38.1 Å². The SMILES string of the molecule is CCN(CC)S(=O)(=O)c1ccc(CCC(=O)N2CCC[C@H](c3nc4ccccc4[nH]3)C2)cc1. The molecule has 0 bridgehead atoms. The summed E-state index contributed by atoms with van der Waals surface area (Å²) in [6.45, 7) is 6.01. The first kappa shape index (κ1) is 23.4. The molecule has 1 aliphatic rings. The average Bonchev–Trinajstić information content (AvgIpc) is 3.28. The Balaban J connectivity index is 1.35. The minimum Gasteiger partial charge on any atom is -0.342 e. The summed E-state index contributed by atoms with van der Waals surface area (Å²) in [5.74, 6) is 1.31. The van der Waals surface area contributed by atoms with E-state index in [-0.39, 0.29) is 11.8 Å². The number of carbonyl (C=O) groups is 1. The molecule has 1 aromatic heterocycles. The third-order valence-electron chi connectivity index (χ3n) is 6.46. The molecular weight excluding hydrogens is 436 g/mol. The Bertz CT molecular complexity index is 1170. The highest BCUT2D eigenvalue weighted by Crippen LogP contribution is 2.27. The molecule has 4 rings (SSSR count). The van der Waals surface area contributed by atoms with Gasteiger partial charge < -0.3 is 9.88 Å². The van der Waals surface area contributed by atoms with Gasteiger partial charge in [0.25, 0.3) is 0 Å². The van der Waals surface area contributed by atoms with Crippen molar-refractivity contribution in [2.75, 3.05) is 26.2 Å². The number of piperidine rings is 1. The second-order valence-corrected chi connectivity index (χ2v) is 10.5. The number of aromatic amines is 1. The van der Waals surface area contributed by atoms with E-state index in [1.54, 1.807) is 12.1 Å². The average molecular weight is 469 g/mol. The van der Waals surface area contributed by atoms with Crippen LogP contribution in [0.15, 0.2) is 53.4 Å². The normalized spacial score (nSPS) is 17.1. The standard InChI is InChI=1S/C25H32N4O3S/c1-3-29(4-2)33(31,32)21-14-11-19(12-15-21)13-16-24(30)28-17-7-8-20(18-28)25-26-22-9-5-6-10-23(22)27-25/h5-6,9-12,14-15,20H,3-4,7-8,13,16-18H2,1-2H3,(H,26,27)/t20-/m0/s1. The van der Waals surface area contributed by atoms with E-state index in [4.69, 9.17) is 4.98 Å². The van der Waals surface area contributed by atoms with Crippen LogP contribution in [0, 0.1) is 0 Å². The van der Waals surface area contributed by atoms with Gasteiger partial charge in [-0.2, -0.15) is 4.31 Å². The Morgan fingerprint density at radius 3 is 2.55 bits per heavy atom. The molecule has 1 aliphatic heterocycles. The van der Waals surface area contributed by atoms with E-state index in [1.165, 1.54) is 4.31 Å². The number of hydrogen-bond donors (Lipinski definition) is 1. The third kappa shape index (κ3) is 5.12. The highest BCUT2D eigenvalue weighted by molar-refractivity contribution is 7.89. The lowest BCUT2D eigenvalue weighted by atomic mass is 9.97. The van der Waals surface area contributed by atoms with Gasteiger partial charge in [0.05, 0.1) is 15.9 Å². The van der Waals surface area contributed by atoms with Crippen molar-refractivity contribution in [1.82, 2.24) is 19.2 Å². The van der Waals surface area contributed by atoms with Crippen LogP contribution < -0.4 is 0 Å². The summed E-state index contributed by atoms with van der Waals surface area (Å²) in [5, 5.41) is 0. The number of nitrogens with zero attached hydrogens (tertiary/aromatic N) is 3. The van der Waals surface area contributed by atoms with Gasteiger partial charge in [-0.3, -0.25) is 4.79 Å². The number of nitrogens with one attached hydrogen (secondary N) is 1. The maximum absolute atomic E-state index is 12.9. The monoisotopic (exact) mass is 468 g/mol. The molecule has 1 amide bonds. The number of carbonyl (C=O) groups excluding carboxylic acids is 1. The van der Waals surface area contributed by atoms with Crippen molar-refractivity contribution in [1.29, 1.82) is 0 Å². The molecule has 1 atom stereocenters. The molecule has 1 fully saturated rings. The van der Waals surface area contributed by atoms with Crippen molar-refractivity contribution in [3.63, 3.8) is 0 Å². The van der Waals surface area contributed by atoms with Gasteiger partial charge in [0, 0.05) is 38.5 Å². The number of rotatable bonds is 8. The number of aryl methyl sites for hydroxylation is 1. The molecule has 3 aromatic rings. The fraction of sp³-hybridized carbons (Fsp3) is 0.440. The lowest BCUT2D eigenvalue weighted by molar-refractivity contribution is -0.132. The number of imidazole rings is 1. The zero-order valence-electron chi connectivity index (χ0n) is 19.3.